The van der Waals surface area contributed by atoms with E-state index in [4.69, 9.17) is 5.73 Å². The molecular weight excluding hydrogens is 242 g/mol. The third-order valence-corrected chi connectivity index (χ3v) is 4.72. The number of hydrogen-bond donors (Lipinski definition) is 1. The van der Waals surface area contributed by atoms with Crippen molar-refractivity contribution in [3.8, 4) is 0 Å². The first-order valence-electron chi connectivity index (χ1n) is 8.90. The van der Waals surface area contributed by atoms with Gasteiger partial charge in [0.05, 0.1) is 0 Å². The van der Waals surface area contributed by atoms with E-state index < -0.39 is 0 Å². The first-order valence-corrected chi connectivity index (χ1v) is 8.90. The molecule has 0 aliphatic heterocycles. The van der Waals surface area contributed by atoms with Crippen LogP contribution in [0.2, 0.25) is 0 Å². The van der Waals surface area contributed by atoms with Gasteiger partial charge in [-0.25, -0.2) is 0 Å². The maximum atomic E-state index is 5.68. The van der Waals surface area contributed by atoms with Crippen molar-refractivity contribution < 1.29 is 0 Å². The first kappa shape index (κ1) is 19.7. The summed E-state index contributed by atoms with van der Waals surface area (Å²) in [6.07, 6.45) is 11.9. The lowest BCUT2D eigenvalue weighted by atomic mass is 9.83. The third kappa shape index (κ3) is 9.58. The normalized spacial score (nSPS) is 14.5. The molecule has 0 amide bonds. The second-order valence-electron chi connectivity index (χ2n) is 6.87. The fourth-order valence-corrected chi connectivity index (χ4v) is 3.01. The number of allylic oxidation sites excluding steroid dienone is 1. The second-order valence-corrected chi connectivity index (χ2v) is 6.87. The van der Waals surface area contributed by atoms with Crippen LogP contribution in [0.3, 0.4) is 0 Å². The highest BCUT2D eigenvalue weighted by Crippen LogP contribution is 2.27. The van der Waals surface area contributed by atoms with E-state index in [9.17, 15) is 0 Å². The van der Waals surface area contributed by atoms with Crippen LogP contribution in [-0.4, -0.2) is 6.54 Å². The van der Waals surface area contributed by atoms with E-state index in [0.29, 0.717) is 5.92 Å². The predicted molar refractivity (Wildman–Crippen MR) is 92.9 cm³/mol. The Balaban J connectivity index is 3.86. The van der Waals surface area contributed by atoms with Crippen LogP contribution in [0, 0.1) is 17.8 Å². The predicted octanol–water partition coefficient (Wildman–Crippen LogP) is 5.94. The average molecular weight is 282 g/mol. The summed E-state index contributed by atoms with van der Waals surface area (Å²) in [6, 6.07) is 0. The fourth-order valence-electron chi connectivity index (χ4n) is 3.01. The molecule has 2 atom stereocenters. The summed E-state index contributed by atoms with van der Waals surface area (Å²) >= 11 is 0. The van der Waals surface area contributed by atoms with Gasteiger partial charge in [0.1, 0.15) is 0 Å². The molecule has 0 aromatic rings. The highest BCUT2D eigenvalue weighted by atomic mass is 14.5. The first-order chi connectivity index (χ1) is 9.52. The van der Waals surface area contributed by atoms with Crippen LogP contribution in [0.4, 0.5) is 0 Å². The molecule has 1 nitrogen and oxygen atoms in total. The van der Waals surface area contributed by atoms with Gasteiger partial charge in [0, 0.05) is 0 Å². The summed E-state index contributed by atoms with van der Waals surface area (Å²) in [5.41, 5.74) is 7.10. The average Bonchev–Trinajstić information content (AvgIpc) is 2.41. The molecule has 0 rings (SSSR count). The molecule has 1 unspecified atom stereocenters. The summed E-state index contributed by atoms with van der Waals surface area (Å²) in [7, 11) is 0. The minimum absolute atomic E-state index is 0.650. The molecule has 1 heteroatoms. The molecule has 20 heavy (non-hydrogen) atoms. The number of unbranched alkanes of at least 4 members (excludes halogenated alkanes) is 2. The van der Waals surface area contributed by atoms with Crippen molar-refractivity contribution in [1.29, 1.82) is 0 Å². The summed E-state index contributed by atoms with van der Waals surface area (Å²) < 4.78 is 0. The molecule has 2 N–H and O–H groups in total. The Kier molecular flexibility index (Phi) is 12.3. The Morgan fingerprint density at radius 3 is 2.15 bits per heavy atom. The van der Waals surface area contributed by atoms with Crippen molar-refractivity contribution >= 4 is 0 Å². The highest BCUT2D eigenvalue weighted by molar-refractivity contribution is 4.96. The lowest BCUT2D eigenvalue weighted by molar-refractivity contribution is 0.284. The lowest BCUT2D eigenvalue weighted by Crippen LogP contribution is -2.14. The summed E-state index contributed by atoms with van der Waals surface area (Å²) in [5, 5.41) is 0. The molecule has 0 saturated carbocycles. The van der Waals surface area contributed by atoms with Crippen LogP contribution < -0.4 is 5.73 Å². The van der Waals surface area contributed by atoms with E-state index >= 15 is 0 Å². The van der Waals surface area contributed by atoms with Crippen LogP contribution in [-0.2, 0) is 0 Å². The van der Waals surface area contributed by atoms with Gasteiger partial charge in [0.25, 0.3) is 0 Å². The molecular formula is C19H39N. The van der Waals surface area contributed by atoms with Gasteiger partial charge < -0.3 is 5.73 Å². The van der Waals surface area contributed by atoms with Crippen LogP contribution in [0.5, 0.6) is 0 Å². The van der Waals surface area contributed by atoms with Crippen LogP contribution in [0.1, 0.15) is 85.5 Å². The number of nitrogens with two attached hydrogens (primary N) is 1. The van der Waals surface area contributed by atoms with E-state index in [-0.39, 0.29) is 0 Å². The zero-order valence-corrected chi connectivity index (χ0v) is 14.6. The molecule has 0 aliphatic rings. The SMILES string of the molecule is C=C(CCCCC[C@@H](CCCN)C(C)CCC)C(C)C. The van der Waals surface area contributed by atoms with E-state index in [0.717, 1.165) is 18.4 Å². The molecule has 0 aromatic carbocycles. The van der Waals surface area contributed by atoms with Gasteiger partial charge in [-0.05, 0) is 50.0 Å². The molecule has 0 aliphatic carbocycles. The van der Waals surface area contributed by atoms with Gasteiger partial charge in [0.15, 0.2) is 0 Å². The Labute approximate surface area is 128 Å². The van der Waals surface area contributed by atoms with Crippen molar-refractivity contribution in [1.82, 2.24) is 0 Å². The smallest absolute Gasteiger partial charge is 0.00772 e. The number of hydrogen-bond acceptors (Lipinski definition) is 1. The van der Waals surface area contributed by atoms with Crippen LogP contribution in [0.15, 0.2) is 12.2 Å². The van der Waals surface area contributed by atoms with Crippen molar-refractivity contribution in [2.24, 2.45) is 23.5 Å². The largest absolute Gasteiger partial charge is 0.330 e. The minimum Gasteiger partial charge on any atom is -0.330 e. The second kappa shape index (κ2) is 12.4. The molecule has 0 heterocycles. The summed E-state index contributed by atoms with van der Waals surface area (Å²) in [6.45, 7) is 14.2. The van der Waals surface area contributed by atoms with E-state index in [1.54, 1.807) is 0 Å². The zero-order chi connectivity index (χ0) is 15.4. The Hall–Kier alpha value is -0.300. The Morgan fingerprint density at radius 2 is 1.60 bits per heavy atom. The molecule has 0 saturated heterocycles. The molecule has 0 bridgehead atoms. The van der Waals surface area contributed by atoms with Crippen molar-refractivity contribution in [3.05, 3.63) is 12.2 Å². The number of rotatable bonds is 13. The zero-order valence-electron chi connectivity index (χ0n) is 14.6. The van der Waals surface area contributed by atoms with Crippen molar-refractivity contribution in [3.63, 3.8) is 0 Å². The van der Waals surface area contributed by atoms with Gasteiger partial charge >= 0.3 is 0 Å². The lowest BCUT2D eigenvalue weighted by Gasteiger charge is -2.23. The third-order valence-electron chi connectivity index (χ3n) is 4.72. The molecule has 0 aromatic heterocycles. The maximum absolute atomic E-state index is 5.68. The standard InChI is InChI=1S/C19H39N/c1-6-11-18(5)19(14-10-15-20)13-9-7-8-12-17(4)16(2)3/h16,18-19H,4,6-15,20H2,1-3,5H3/t18?,19-/m0/s1. The fraction of sp³-hybridized carbons (Fsp3) is 0.895. The van der Waals surface area contributed by atoms with E-state index in [2.05, 4.69) is 34.3 Å². The molecule has 0 radical (unpaired) electrons. The minimum atomic E-state index is 0.650. The molecule has 120 valence electrons. The Bertz CT molecular complexity index is 232. The monoisotopic (exact) mass is 281 g/mol. The van der Waals surface area contributed by atoms with Gasteiger partial charge in [-0.15, -0.1) is 0 Å². The van der Waals surface area contributed by atoms with E-state index in [1.165, 1.54) is 63.4 Å². The van der Waals surface area contributed by atoms with Gasteiger partial charge in [-0.3, -0.25) is 0 Å². The maximum Gasteiger partial charge on any atom is -0.00772 e. The Morgan fingerprint density at radius 1 is 0.950 bits per heavy atom. The molecule has 0 spiro atoms. The van der Waals surface area contributed by atoms with E-state index in [1.807, 2.05) is 0 Å². The highest BCUT2D eigenvalue weighted by Gasteiger charge is 2.15. The van der Waals surface area contributed by atoms with Crippen molar-refractivity contribution in [2.75, 3.05) is 6.54 Å². The van der Waals surface area contributed by atoms with Gasteiger partial charge in [-0.2, -0.15) is 0 Å². The molecule has 0 fully saturated rings. The van der Waals surface area contributed by atoms with Crippen molar-refractivity contribution in [2.45, 2.75) is 85.5 Å². The topological polar surface area (TPSA) is 26.0 Å². The van der Waals surface area contributed by atoms with Gasteiger partial charge in [-0.1, -0.05) is 72.0 Å². The van der Waals surface area contributed by atoms with Gasteiger partial charge in [0.2, 0.25) is 0 Å². The quantitative estimate of drug-likeness (QED) is 0.328. The summed E-state index contributed by atoms with van der Waals surface area (Å²) in [5.74, 6) is 2.42. The summed E-state index contributed by atoms with van der Waals surface area (Å²) in [4.78, 5) is 0. The van der Waals surface area contributed by atoms with Crippen LogP contribution in [0.25, 0.3) is 0 Å². The van der Waals surface area contributed by atoms with Crippen LogP contribution >= 0.6 is 0 Å².